The predicted molar refractivity (Wildman–Crippen MR) is 83.0 cm³/mol. The van der Waals surface area contributed by atoms with Gasteiger partial charge in [0.15, 0.2) is 5.75 Å². The van der Waals surface area contributed by atoms with Gasteiger partial charge in [-0.25, -0.2) is 0 Å². The summed E-state index contributed by atoms with van der Waals surface area (Å²) in [6.07, 6.45) is 4.07. The molecule has 1 aromatic rings. The lowest BCUT2D eigenvalue weighted by Crippen LogP contribution is -2.35. The van der Waals surface area contributed by atoms with Crippen LogP contribution in [0.4, 0.5) is 0 Å². The van der Waals surface area contributed by atoms with Gasteiger partial charge >= 0.3 is 10.1 Å². The van der Waals surface area contributed by atoms with Crippen molar-refractivity contribution in [3.8, 4) is 5.75 Å². The zero-order valence-electron chi connectivity index (χ0n) is 12.8. The summed E-state index contributed by atoms with van der Waals surface area (Å²) in [6, 6.07) is 6.44. The Bertz CT molecular complexity index is 563. The van der Waals surface area contributed by atoms with Crippen LogP contribution in [0.2, 0.25) is 0 Å². The van der Waals surface area contributed by atoms with E-state index >= 15 is 0 Å². The highest BCUT2D eigenvalue weighted by Gasteiger charge is 2.22. The van der Waals surface area contributed by atoms with Gasteiger partial charge in [-0.1, -0.05) is 26.0 Å². The highest BCUT2D eigenvalue weighted by Crippen LogP contribution is 2.22. The van der Waals surface area contributed by atoms with E-state index in [2.05, 4.69) is 0 Å². The normalized spacial score (nSPS) is 14.9. The van der Waals surface area contributed by atoms with E-state index in [1.54, 1.807) is 23.1 Å². The molecule has 0 N–H and O–H groups in total. The van der Waals surface area contributed by atoms with Crippen LogP contribution in [0.25, 0.3) is 0 Å². The molecule has 5 nitrogen and oxygen atoms in total. The van der Waals surface area contributed by atoms with E-state index in [1.807, 2.05) is 13.8 Å². The Balaban J connectivity index is 0.00000106. The summed E-state index contributed by atoms with van der Waals surface area (Å²) in [6.45, 7) is 5.43. The third kappa shape index (κ3) is 5.38. The second kappa shape index (κ2) is 8.02. The van der Waals surface area contributed by atoms with Gasteiger partial charge < -0.3 is 9.08 Å². The lowest BCUT2D eigenvalue weighted by Gasteiger charge is -2.27. The smallest absolute Gasteiger partial charge is 0.306 e. The average Bonchev–Trinajstić information content (AvgIpc) is 2.48. The van der Waals surface area contributed by atoms with Gasteiger partial charge in [0.2, 0.25) is 0 Å². The van der Waals surface area contributed by atoms with Gasteiger partial charge in [0.25, 0.3) is 5.91 Å². The first-order chi connectivity index (χ1) is 9.97. The standard InChI is InChI=1S/C13H17NO4S.C2H6/c1-19(16,17)18-12-8-4-3-7-11(12)13(15)14-9-5-2-6-10-14;1-2/h3-4,7-8H,2,5-6,9-10H2,1H3;1-2H3. The third-order valence-corrected chi connectivity index (χ3v) is 3.48. The van der Waals surface area contributed by atoms with Crippen molar-refractivity contribution in [2.45, 2.75) is 33.1 Å². The van der Waals surface area contributed by atoms with Crippen LogP contribution in [0.5, 0.6) is 5.75 Å². The van der Waals surface area contributed by atoms with Crippen LogP contribution >= 0.6 is 0 Å². The molecule has 0 atom stereocenters. The number of hydrogen-bond donors (Lipinski definition) is 0. The van der Waals surface area contributed by atoms with Crippen molar-refractivity contribution in [1.82, 2.24) is 4.90 Å². The number of carbonyl (C=O) groups is 1. The van der Waals surface area contributed by atoms with Crippen LogP contribution in [-0.2, 0) is 10.1 Å². The number of amides is 1. The van der Waals surface area contributed by atoms with E-state index in [0.29, 0.717) is 18.7 Å². The number of benzene rings is 1. The highest BCUT2D eigenvalue weighted by molar-refractivity contribution is 7.86. The first-order valence-electron chi connectivity index (χ1n) is 7.25. The molecule has 6 heteroatoms. The number of likely N-dealkylation sites (tertiary alicyclic amines) is 1. The molecule has 0 saturated carbocycles. The van der Waals surface area contributed by atoms with Crippen molar-refractivity contribution in [2.24, 2.45) is 0 Å². The van der Waals surface area contributed by atoms with Crippen LogP contribution in [0.3, 0.4) is 0 Å². The van der Waals surface area contributed by atoms with Crippen molar-refractivity contribution in [3.05, 3.63) is 29.8 Å². The molecule has 0 aromatic heterocycles. The van der Waals surface area contributed by atoms with Crippen molar-refractivity contribution < 1.29 is 17.4 Å². The van der Waals surface area contributed by atoms with Crippen LogP contribution in [0.15, 0.2) is 24.3 Å². The largest absolute Gasteiger partial charge is 0.382 e. The molecule has 0 spiro atoms. The lowest BCUT2D eigenvalue weighted by atomic mass is 10.1. The van der Waals surface area contributed by atoms with E-state index in [0.717, 1.165) is 25.5 Å². The molecule has 1 aromatic carbocycles. The Morgan fingerprint density at radius 3 is 2.24 bits per heavy atom. The SMILES string of the molecule is CC.CS(=O)(=O)Oc1ccccc1C(=O)N1CCCCC1. The molecule has 1 fully saturated rings. The van der Waals surface area contributed by atoms with Gasteiger partial charge in [-0.3, -0.25) is 4.79 Å². The molecule has 0 radical (unpaired) electrons. The molecule has 2 rings (SSSR count). The zero-order valence-corrected chi connectivity index (χ0v) is 13.6. The maximum absolute atomic E-state index is 12.4. The molecule has 118 valence electrons. The first-order valence-corrected chi connectivity index (χ1v) is 9.07. The summed E-state index contributed by atoms with van der Waals surface area (Å²) in [7, 11) is -3.63. The molecule has 0 unspecified atom stereocenters. The van der Waals surface area contributed by atoms with Crippen molar-refractivity contribution >= 4 is 16.0 Å². The van der Waals surface area contributed by atoms with E-state index in [9.17, 15) is 13.2 Å². The summed E-state index contributed by atoms with van der Waals surface area (Å²) < 4.78 is 27.3. The summed E-state index contributed by atoms with van der Waals surface area (Å²) in [5.41, 5.74) is 0.301. The number of nitrogens with zero attached hydrogens (tertiary/aromatic N) is 1. The monoisotopic (exact) mass is 313 g/mol. The van der Waals surface area contributed by atoms with Crippen molar-refractivity contribution in [2.75, 3.05) is 19.3 Å². The number of hydrogen-bond acceptors (Lipinski definition) is 4. The molecule has 21 heavy (non-hydrogen) atoms. The summed E-state index contributed by atoms with van der Waals surface area (Å²) in [5, 5.41) is 0. The van der Waals surface area contributed by atoms with E-state index in [1.165, 1.54) is 6.07 Å². The molecular formula is C15H23NO4S. The third-order valence-electron chi connectivity index (χ3n) is 3.00. The van der Waals surface area contributed by atoms with E-state index in [4.69, 9.17) is 4.18 Å². The molecule has 0 bridgehead atoms. The number of carbonyl (C=O) groups excluding carboxylic acids is 1. The highest BCUT2D eigenvalue weighted by atomic mass is 32.2. The Morgan fingerprint density at radius 2 is 1.67 bits per heavy atom. The van der Waals surface area contributed by atoms with Crippen molar-refractivity contribution in [1.29, 1.82) is 0 Å². The molecule has 1 heterocycles. The minimum absolute atomic E-state index is 0.0978. The number of piperidine rings is 1. The van der Waals surface area contributed by atoms with Crippen LogP contribution in [-0.4, -0.2) is 38.6 Å². The quantitative estimate of drug-likeness (QED) is 0.805. The first kappa shape index (κ1) is 17.5. The summed E-state index contributed by atoms with van der Waals surface area (Å²) in [4.78, 5) is 14.1. The van der Waals surface area contributed by atoms with E-state index < -0.39 is 10.1 Å². The molecule has 1 aliphatic heterocycles. The fraction of sp³-hybridized carbons (Fsp3) is 0.533. The van der Waals surface area contributed by atoms with Crippen LogP contribution in [0, 0.1) is 0 Å². The van der Waals surface area contributed by atoms with E-state index in [-0.39, 0.29) is 11.7 Å². The Hall–Kier alpha value is -1.56. The minimum atomic E-state index is -3.63. The lowest BCUT2D eigenvalue weighted by molar-refractivity contribution is 0.0722. The molecule has 1 saturated heterocycles. The fourth-order valence-electron chi connectivity index (χ4n) is 2.15. The van der Waals surface area contributed by atoms with Gasteiger partial charge in [-0.05, 0) is 31.4 Å². The molecular weight excluding hydrogens is 290 g/mol. The van der Waals surface area contributed by atoms with Crippen LogP contribution < -0.4 is 4.18 Å². The second-order valence-electron chi connectivity index (χ2n) is 4.64. The van der Waals surface area contributed by atoms with Gasteiger partial charge in [0.05, 0.1) is 11.8 Å². The Labute approximate surface area is 127 Å². The Morgan fingerprint density at radius 1 is 1.10 bits per heavy atom. The Kier molecular flexibility index (Phi) is 6.68. The summed E-state index contributed by atoms with van der Waals surface area (Å²) in [5.74, 6) is -0.0699. The fourth-order valence-corrected chi connectivity index (χ4v) is 2.62. The predicted octanol–water partition coefficient (Wildman–Crippen LogP) is 2.68. The minimum Gasteiger partial charge on any atom is -0.382 e. The topological polar surface area (TPSA) is 63.7 Å². The number of para-hydroxylation sites is 1. The maximum Gasteiger partial charge on any atom is 0.306 e. The second-order valence-corrected chi connectivity index (χ2v) is 6.21. The number of rotatable bonds is 3. The van der Waals surface area contributed by atoms with Crippen LogP contribution in [0.1, 0.15) is 43.5 Å². The molecule has 1 amide bonds. The van der Waals surface area contributed by atoms with Gasteiger partial charge in [-0.2, -0.15) is 8.42 Å². The maximum atomic E-state index is 12.4. The van der Waals surface area contributed by atoms with Gasteiger partial charge in [-0.15, -0.1) is 0 Å². The van der Waals surface area contributed by atoms with Gasteiger partial charge in [0, 0.05) is 13.1 Å². The zero-order chi connectivity index (χ0) is 15.9. The van der Waals surface area contributed by atoms with Crippen molar-refractivity contribution in [3.63, 3.8) is 0 Å². The average molecular weight is 313 g/mol. The van der Waals surface area contributed by atoms with Gasteiger partial charge in [0.1, 0.15) is 0 Å². The summed E-state index contributed by atoms with van der Waals surface area (Å²) >= 11 is 0. The molecule has 0 aliphatic carbocycles. The molecule has 1 aliphatic rings.